The van der Waals surface area contributed by atoms with Gasteiger partial charge in [0.2, 0.25) is 5.91 Å². The highest BCUT2D eigenvalue weighted by Gasteiger charge is 2.19. The Morgan fingerprint density at radius 3 is 2.82 bits per heavy atom. The molecule has 0 radical (unpaired) electrons. The van der Waals surface area contributed by atoms with E-state index in [1.54, 1.807) is 6.08 Å². The van der Waals surface area contributed by atoms with E-state index in [4.69, 9.17) is 17.0 Å². The Labute approximate surface area is 136 Å². The van der Waals surface area contributed by atoms with E-state index in [0.29, 0.717) is 31.2 Å². The van der Waals surface area contributed by atoms with Gasteiger partial charge >= 0.3 is 0 Å². The molecule has 22 heavy (non-hydrogen) atoms. The number of likely N-dealkylation sites (tertiary alicyclic amines) is 1. The van der Waals surface area contributed by atoms with Gasteiger partial charge in [-0.3, -0.25) is 4.79 Å². The van der Waals surface area contributed by atoms with Crippen LogP contribution in [0.1, 0.15) is 12.8 Å². The maximum Gasteiger partial charge on any atom is 0.222 e. The summed E-state index contributed by atoms with van der Waals surface area (Å²) >= 11 is 5.24. The second-order valence-electron chi connectivity index (χ2n) is 4.99. The molecular formula is C16H21N3O2S. The maximum atomic E-state index is 11.5. The van der Waals surface area contributed by atoms with Crippen LogP contribution in [0.5, 0.6) is 5.75 Å². The first-order chi connectivity index (χ1) is 10.7. The van der Waals surface area contributed by atoms with Crippen molar-refractivity contribution in [2.24, 2.45) is 0 Å². The van der Waals surface area contributed by atoms with Gasteiger partial charge in [-0.25, -0.2) is 0 Å². The number of ether oxygens (including phenoxy) is 1. The molecule has 0 spiro atoms. The highest BCUT2D eigenvalue weighted by Crippen LogP contribution is 2.15. The van der Waals surface area contributed by atoms with Crippen molar-refractivity contribution in [2.45, 2.75) is 12.8 Å². The van der Waals surface area contributed by atoms with Crippen molar-refractivity contribution >= 4 is 28.9 Å². The second kappa shape index (κ2) is 8.38. The van der Waals surface area contributed by atoms with Crippen LogP contribution in [-0.2, 0) is 4.79 Å². The van der Waals surface area contributed by atoms with Crippen molar-refractivity contribution in [3.8, 4) is 5.75 Å². The molecule has 1 aliphatic rings. The van der Waals surface area contributed by atoms with Crippen LogP contribution in [-0.4, -0.2) is 42.2 Å². The molecule has 1 heterocycles. The molecular weight excluding hydrogens is 298 g/mol. The van der Waals surface area contributed by atoms with E-state index in [2.05, 4.69) is 17.2 Å². The summed E-state index contributed by atoms with van der Waals surface area (Å²) in [6.07, 6.45) is 3.33. The van der Waals surface area contributed by atoms with E-state index < -0.39 is 0 Å². The van der Waals surface area contributed by atoms with Crippen molar-refractivity contribution in [1.29, 1.82) is 0 Å². The Kier molecular flexibility index (Phi) is 6.21. The molecule has 1 amide bonds. The zero-order valence-corrected chi connectivity index (χ0v) is 13.3. The third-order valence-corrected chi connectivity index (χ3v) is 3.57. The first-order valence-electron chi connectivity index (χ1n) is 7.35. The lowest BCUT2D eigenvalue weighted by Gasteiger charge is -2.17. The van der Waals surface area contributed by atoms with Crippen LogP contribution < -0.4 is 15.4 Å². The summed E-state index contributed by atoms with van der Waals surface area (Å²) in [6.45, 7) is 6.29. The maximum absolute atomic E-state index is 11.5. The number of rotatable bonds is 7. The molecule has 2 rings (SSSR count). The molecule has 1 aliphatic heterocycles. The lowest BCUT2D eigenvalue weighted by Crippen LogP contribution is -2.37. The van der Waals surface area contributed by atoms with Crippen molar-refractivity contribution in [3.05, 3.63) is 36.9 Å². The lowest BCUT2D eigenvalue weighted by atomic mass is 10.3. The minimum absolute atomic E-state index is 0.232. The number of nitrogens with one attached hydrogen (secondary N) is 2. The number of amides is 1. The fourth-order valence-electron chi connectivity index (χ4n) is 2.21. The summed E-state index contributed by atoms with van der Waals surface area (Å²) in [5.74, 6) is 1.02. The summed E-state index contributed by atoms with van der Waals surface area (Å²) < 4.78 is 5.42. The van der Waals surface area contributed by atoms with E-state index in [9.17, 15) is 4.79 Å². The third kappa shape index (κ3) is 5.04. The van der Waals surface area contributed by atoms with Gasteiger partial charge < -0.3 is 20.3 Å². The topological polar surface area (TPSA) is 53.6 Å². The summed E-state index contributed by atoms with van der Waals surface area (Å²) in [4.78, 5) is 13.3. The van der Waals surface area contributed by atoms with Gasteiger partial charge in [-0.2, -0.15) is 0 Å². The largest absolute Gasteiger partial charge is 0.490 e. The van der Waals surface area contributed by atoms with Crippen molar-refractivity contribution in [1.82, 2.24) is 10.2 Å². The number of hydrogen-bond acceptors (Lipinski definition) is 3. The molecule has 0 unspecified atom stereocenters. The van der Waals surface area contributed by atoms with E-state index in [1.807, 2.05) is 29.2 Å². The molecule has 0 saturated carbocycles. The van der Waals surface area contributed by atoms with Crippen LogP contribution in [0, 0.1) is 0 Å². The highest BCUT2D eigenvalue weighted by molar-refractivity contribution is 7.80. The minimum atomic E-state index is 0.232. The molecule has 1 fully saturated rings. The SMILES string of the molecule is C=CCOc1ccc(NC(=S)NCCN2CCCC2=O)cc1. The molecule has 2 N–H and O–H groups in total. The van der Waals surface area contributed by atoms with Gasteiger partial charge in [-0.05, 0) is 42.9 Å². The Morgan fingerprint density at radius 1 is 1.41 bits per heavy atom. The Morgan fingerprint density at radius 2 is 2.18 bits per heavy atom. The Balaban J connectivity index is 1.70. The van der Waals surface area contributed by atoms with E-state index in [1.165, 1.54) is 0 Å². The van der Waals surface area contributed by atoms with Crippen LogP contribution >= 0.6 is 12.2 Å². The van der Waals surface area contributed by atoms with Gasteiger partial charge in [0.1, 0.15) is 12.4 Å². The average Bonchev–Trinajstić information content (AvgIpc) is 2.92. The molecule has 6 heteroatoms. The smallest absolute Gasteiger partial charge is 0.222 e. The second-order valence-corrected chi connectivity index (χ2v) is 5.40. The fraction of sp³-hybridized carbons (Fsp3) is 0.375. The molecule has 1 aromatic carbocycles. The normalized spacial score (nSPS) is 13.8. The number of carbonyl (C=O) groups is 1. The Bertz CT molecular complexity index is 531. The minimum Gasteiger partial charge on any atom is -0.490 e. The summed E-state index contributed by atoms with van der Waals surface area (Å²) in [7, 11) is 0. The molecule has 118 valence electrons. The zero-order chi connectivity index (χ0) is 15.8. The van der Waals surface area contributed by atoms with E-state index in [0.717, 1.165) is 24.4 Å². The predicted molar refractivity (Wildman–Crippen MR) is 92.2 cm³/mol. The molecule has 0 aliphatic carbocycles. The lowest BCUT2D eigenvalue weighted by molar-refractivity contribution is -0.127. The van der Waals surface area contributed by atoms with Crippen LogP contribution in [0.15, 0.2) is 36.9 Å². The first kappa shape index (κ1) is 16.3. The quantitative estimate of drug-likeness (QED) is 0.596. The predicted octanol–water partition coefficient (Wildman–Crippen LogP) is 2.16. The van der Waals surface area contributed by atoms with Gasteiger partial charge in [-0.15, -0.1) is 0 Å². The monoisotopic (exact) mass is 319 g/mol. The number of carbonyl (C=O) groups excluding carboxylic acids is 1. The summed E-state index contributed by atoms with van der Waals surface area (Å²) in [6, 6.07) is 7.54. The summed E-state index contributed by atoms with van der Waals surface area (Å²) in [5.41, 5.74) is 0.890. The molecule has 1 saturated heterocycles. The molecule has 0 bridgehead atoms. The zero-order valence-electron chi connectivity index (χ0n) is 12.5. The van der Waals surface area contributed by atoms with Crippen LogP contribution in [0.2, 0.25) is 0 Å². The summed E-state index contributed by atoms with van der Waals surface area (Å²) in [5, 5.41) is 6.76. The average molecular weight is 319 g/mol. The van der Waals surface area contributed by atoms with Gasteiger partial charge in [0, 0.05) is 31.7 Å². The van der Waals surface area contributed by atoms with Gasteiger partial charge in [-0.1, -0.05) is 12.7 Å². The van der Waals surface area contributed by atoms with Gasteiger partial charge in [0.25, 0.3) is 0 Å². The molecule has 0 atom stereocenters. The van der Waals surface area contributed by atoms with E-state index >= 15 is 0 Å². The van der Waals surface area contributed by atoms with Crippen molar-refractivity contribution in [2.75, 3.05) is 31.6 Å². The highest BCUT2D eigenvalue weighted by atomic mass is 32.1. The van der Waals surface area contributed by atoms with Crippen LogP contribution in [0.3, 0.4) is 0 Å². The number of nitrogens with zero attached hydrogens (tertiary/aromatic N) is 1. The van der Waals surface area contributed by atoms with Crippen LogP contribution in [0.25, 0.3) is 0 Å². The molecule has 5 nitrogen and oxygen atoms in total. The third-order valence-electron chi connectivity index (χ3n) is 3.32. The number of anilines is 1. The Hall–Kier alpha value is -2.08. The number of benzene rings is 1. The number of thiocarbonyl (C=S) groups is 1. The van der Waals surface area contributed by atoms with Crippen molar-refractivity contribution in [3.63, 3.8) is 0 Å². The fourth-order valence-corrected chi connectivity index (χ4v) is 2.43. The van der Waals surface area contributed by atoms with Gasteiger partial charge in [0.15, 0.2) is 5.11 Å². The van der Waals surface area contributed by atoms with Crippen LogP contribution in [0.4, 0.5) is 5.69 Å². The van der Waals surface area contributed by atoms with Crippen molar-refractivity contribution < 1.29 is 9.53 Å². The standard InChI is InChI=1S/C16H21N3O2S/c1-2-12-21-14-7-5-13(6-8-14)18-16(22)17-9-11-19-10-3-4-15(19)20/h2,5-8H,1,3-4,9-12H2,(H2,17,18,22). The van der Waals surface area contributed by atoms with E-state index in [-0.39, 0.29) is 5.91 Å². The first-order valence-corrected chi connectivity index (χ1v) is 7.76. The number of hydrogen-bond donors (Lipinski definition) is 2. The molecule has 0 aromatic heterocycles. The van der Waals surface area contributed by atoms with Gasteiger partial charge in [0.05, 0.1) is 0 Å². The molecule has 1 aromatic rings.